The summed E-state index contributed by atoms with van der Waals surface area (Å²) in [5, 5.41) is 6.25. The second kappa shape index (κ2) is 6.81. The number of rotatable bonds is 4. The quantitative estimate of drug-likeness (QED) is 0.841. The smallest absolute Gasteiger partial charge is 0.430 e. The number of methoxy groups -OCH3 is 1. The van der Waals surface area contributed by atoms with Gasteiger partial charge in [-0.25, -0.2) is 4.99 Å². The predicted molar refractivity (Wildman–Crippen MR) is 86.7 cm³/mol. The van der Waals surface area contributed by atoms with Gasteiger partial charge in [0.1, 0.15) is 17.4 Å². The number of nitrogens with zero attached hydrogens (tertiary/aromatic N) is 2. The molecule has 2 heterocycles. The first kappa shape index (κ1) is 18.0. The van der Waals surface area contributed by atoms with E-state index in [-0.39, 0.29) is 12.4 Å². The van der Waals surface area contributed by atoms with Crippen LogP contribution in [0, 0.1) is 5.92 Å². The van der Waals surface area contributed by atoms with Crippen molar-refractivity contribution in [1.82, 2.24) is 10.2 Å². The molecule has 1 aromatic heterocycles. The maximum atomic E-state index is 13.6. The van der Waals surface area contributed by atoms with Crippen molar-refractivity contribution in [3.63, 3.8) is 0 Å². The zero-order chi connectivity index (χ0) is 18.9. The van der Waals surface area contributed by atoms with Gasteiger partial charge in [0.25, 0.3) is 0 Å². The second-order valence-electron chi connectivity index (χ2n) is 5.65. The maximum Gasteiger partial charge on any atom is 0.430 e. The number of hydrogen-bond donors (Lipinski definition) is 1. The largest absolute Gasteiger partial charge is 0.497 e. The molecule has 2 atom stereocenters. The molecule has 0 bridgehead atoms. The number of benzene rings is 1. The maximum absolute atomic E-state index is 13.6. The van der Waals surface area contributed by atoms with Crippen LogP contribution in [-0.4, -0.2) is 41.8 Å². The van der Waals surface area contributed by atoms with E-state index in [1.807, 2.05) is 0 Å². The molecule has 0 amide bonds. The van der Waals surface area contributed by atoms with Crippen molar-refractivity contribution in [2.75, 3.05) is 13.7 Å². The standard InChI is InChI=1S/C17H16F3N3O3/c1-3-26-16(24)13-12(9-4-6-10(25-2)7-5-9)11-8-21-23-15(11)22-14(13)17(18,19)20/h4-8,12-13H,3H2,1-2H3,(H,21,23). The van der Waals surface area contributed by atoms with Gasteiger partial charge in [-0.3, -0.25) is 9.89 Å². The minimum absolute atomic E-state index is 0.0151. The van der Waals surface area contributed by atoms with Crippen LogP contribution >= 0.6 is 0 Å². The molecule has 1 N–H and O–H groups in total. The molecule has 3 rings (SSSR count). The fourth-order valence-electron chi connectivity index (χ4n) is 3.04. The topological polar surface area (TPSA) is 76.6 Å². The number of hydrogen-bond acceptors (Lipinski definition) is 5. The number of ether oxygens (including phenoxy) is 2. The normalized spacial score (nSPS) is 19.5. The number of aliphatic imine (C=N–C) groups is 1. The Bertz CT molecular complexity index is 828. The van der Waals surface area contributed by atoms with E-state index in [4.69, 9.17) is 9.47 Å². The number of H-pyrrole nitrogens is 1. The summed E-state index contributed by atoms with van der Waals surface area (Å²) < 4.78 is 50.8. The number of fused-ring (bicyclic) bond motifs is 1. The molecule has 0 aliphatic carbocycles. The van der Waals surface area contributed by atoms with Crippen LogP contribution in [0.4, 0.5) is 19.0 Å². The molecule has 26 heavy (non-hydrogen) atoms. The summed E-state index contributed by atoms with van der Waals surface area (Å²) in [5.74, 6) is -2.99. The summed E-state index contributed by atoms with van der Waals surface area (Å²) in [6, 6.07) is 6.48. The lowest BCUT2D eigenvalue weighted by Crippen LogP contribution is -2.42. The lowest BCUT2D eigenvalue weighted by atomic mass is 9.77. The number of aromatic nitrogens is 2. The number of aromatic amines is 1. The second-order valence-corrected chi connectivity index (χ2v) is 5.65. The highest BCUT2D eigenvalue weighted by Crippen LogP contribution is 2.45. The fourth-order valence-corrected chi connectivity index (χ4v) is 3.04. The molecule has 9 heteroatoms. The van der Waals surface area contributed by atoms with Crippen molar-refractivity contribution in [3.8, 4) is 5.75 Å². The van der Waals surface area contributed by atoms with Gasteiger partial charge < -0.3 is 9.47 Å². The highest BCUT2D eigenvalue weighted by atomic mass is 19.4. The number of alkyl halides is 3. The van der Waals surface area contributed by atoms with Crippen LogP contribution in [0.5, 0.6) is 5.75 Å². The molecular weight excluding hydrogens is 351 g/mol. The van der Waals surface area contributed by atoms with Gasteiger partial charge in [-0.1, -0.05) is 12.1 Å². The summed E-state index contributed by atoms with van der Waals surface area (Å²) in [6.07, 6.45) is -3.40. The fraction of sp³-hybridized carbons (Fsp3) is 0.353. The third kappa shape index (κ3) is 3.16. The summed E-state index contributed by atoms with van der Waals surface area (Å²) in [6.45, 7) is 1.50. The van der Waals surface area contributed by atoms with Crippen LogP contribution in [-0.2, 0) is 9.53 Å². The Balaban J connectivity index is 2.17. The Morgan fingerprint density at radius 2 is 1.96 bits per heavy atom. The SMILES string of the molecule is CCOC(=O)C1C(C(F)(F)F)=Nc2[nH]ncc2C1c1ccc(OC)cc1. The monoisotopic (exact) mass is 367 g/mol. The van der Waals surface area contributed by atoms with Gasteiger partial charge in [-0.15, -0.1) is 0 Å². The lowest BCUT2D eigenvalue weighted by molar-refractivity contribution is -0.147. The zero-order valence-electron chi connectivity index (χ0n) is 14.0. The molecular formula is C17H16F3N3O3. The van der Waals surface area contributed by atoms with Gasteiger partial charge >= 0.3 is 12.1 Å². The predicted octanol–water partition coefficient (Wildman–Crippen LogP) is 3.38. The third-order valence-corrected chi connectivity index (χ3v) is 4.15. The van der Waals surface area contributed by atoms with Crippen LogP contribution in [0.2, 0.25) is 0 Å². The van der Waals surface area contributed by atoms with Crippen LogP contribution in [0.3, 0.4) is 0 Å². The van der Waals surface area contributed by atoms with Crippen molar-refractivity contribution in [2.45, 2.75) is 19.0 Å². The molecule has 0 fully saturated rings. The molecule has 1 aliphatic rings. The molecule has 138 valence electrons. The van der Waals surface area contributed by atoms with Crippen molar-refractivity contribution >= 4 is 17.5 Å². The van der Waals surface area contributed by atoms with Gasteiger partial charge in [0.15, 0.2) is 5.82 Å². The number of halogens is 3. The first-order valence-corrected chi connectivity index (χ1v) is 7.86. The van der Waals surface area contributed by atoms with Crippen LogP contribution in [0.1, 0.15) is 24.0 Å². The van der Waals surface area contributed by atoms with E-state index in [0.29, 0.717) is 16.9 Å². The molecule has 0 radical (unpaired) electrons. The zero-order valence-corrected chi connectivity index (χ0v) is 14.0. The molecule has 2 aromatic rings. The molecule has 2 unspecified atom stereocenters. The van der Waals surface area contributed by atoms with E-state index in [2.05, 4.69) is 15.2 Å². The Kier molecular flexibility index (Phi) is 4.71. The van der Waals surface area contributed by atoms with Crippen LogP contribution in [0.25, 0.3) is 0 Å². The number of carbonyl (C=O) groups excluding carboxylic acids is 1. The lowest BCUT2D eigenvalue weighted by Gasteiger charge is -2.31. The summed E-state index contributed by atoms with van der Waals surface area (Å²) in [4.78, 5) is 16.1. The Morgan fingerprint density at radius 1 is 1.27 bits per heavy atom. The van der Waals surface area contributed by atoms with E-state index >= 15 is 0 Å². The minimum Gasteiger partial charge on any atom is -0.497 e. The Morgan fingerprint density at radius 3 is 2.54 bits per heavy atom. The molecule has 0 saturated heterocycles. The number of carbonyl (C=O) groups is 1. The van der Waals surface area contributed by atoms with Gasteiger partial charge in [0.05, 0.1) is 19.9 Å². The van der Waals surface area contributed by atoms with E-state index < -0.39 is 29.7 Å². The van der Waals surface area contributed by atoms with Crippen LogP contribution < -0.4 is 4.74 Å². The van der Waals surface area contributed by atoms with Gasteiger partial charge in [-0.05, 0) is 24.6 Å². The highest BCUT2D eigenvalue weighted by molar-refractivity contribution is 6.08. The van der Waals surface area contributed by atoms with Crippen molar-refractivity contribution in [2.24, 2.45) is 10.9 Å². The van der Waals surface area contributed by atoms with Gasteiger partial charge in [0, 0.05) is 11.5 Å². The molecule has 1 aromatic carbocycles. The number of nitrogens with one attached hydrogen (secondary N) is 1. The van der Waals surface area contributed by atoms with E-state index in [1.54, 1.807) is 24.3 Å². The van der Waals surface area contributed by atoms with E-state index in [0.717, 1.165) is 0 Å². The minimum atomic E-state index is -4.79. The Labute approximate surface area is 147 Å². The first-order chi connectivity index (χ1) is 12.4. The highest BCUT2D eigenvalue weighted by Gasteiger charge is 2.51. The van der Waals surface area contributed by atoms with Crippen molar-refractivity contribution in [3.05, 3.63) is 41.6 Å². The first-order valence-electron chi connectivity index (χ1n) is 7.86. The van der Waals surface area contributed by atoms with Gasteiger partial charge in [-0.2, -0.15) is 18.3 Å². The van der Waals surface area contributed by atoms with E-state index in [9.17, 15) is 18.0 Å². The van der Waals surface area contributed by atoms with Crippen LogP contribution in [0.15, 0.2) is 35.5 Å². The summed E-state index contributed by atoms with van der Waals surface area (Å²) >= 11 is 0. The van der Waals surface area contributed by atoms with Crippen molar-refractivity contribution < 1.29 is 27.4 Å². The number of esters is 1. The van der Waals surface area contributed by atoms with Crippen molar-refractivity contribution in [1.29, 1.82) is 0 Å². The average Bonchev–Trinajstić information content (AvgIpc) is 3.08. The molecule has 0 saturated carbocycles. The molecule has 6 nitrogen and oxygen atoms in total. The summed E-state index contributed by atoms with van der Waals surface area (Å²) in [7, 11) is 1.49. The molecule has 1 aliphatic heterocycles. The average molecular weight is 367 g/mol. The Hall–Kier alpha value is -2.84. The van der Waals surface area contributed by atoms with Gasteiger partial charge in [0.2, 0.25) is 0 Å². The van der Waals surface area contributed by atoms with E-state index in [1.165, 1.54) is 20.2 Å². The molecule has 0 spiro atoms. The third-order valence-electron chi connectivity index (χ3n) is 4.15. The summed E-state index contributed by atoms with van der Waals surface area (Å²) in [5.41, 5.74) is -0.294.